The molecular weight excluding hydrogens is 871 g/mol. The first-order chi connectivity index (χ1) is 32.4. The second kappa shape index (κ2) is 22.1. The molecule has 7 nitrogen and oxygen atoms in total. The molecule has 0 amide bonds. The van der Waals surface area contributed by atoms with Gasteiger partial charge in [-0.05, 0) is 112 Å². The minimum absolute atomic E-state index is 0.0319. The van der Waals surface area contributed by atoms with Crippen LogP contribution in [0.3, 0.4) is 0 Å². The van der Waals surface area contributed by atoms with Gasteiger partial charge >= 0.3 is 0 Å². The van der Waals surface area contributed by atoms with Crippen LogP contribution in [-0.2, 0) is 12.2 Å². The molecule has 1 N–H and O–H groups in total. The minimum Gasteiger partial charge on any atom is -0.508 e. The summed E-state index contributed by atoms with van der Waals surface area (Å²) < 4.78 is 2.11. The van der Waals surface area contributed by atoms with Crippen molar-refractivity contribution in [2.45, 2.75) is 57.7 Å². The molecule has 0 saturated carbocycles. The molecule has 8 aromatic rings. The highest BCUT2D eigenvalue weighted by atomic mass is 32.1. The zero-order chi connectivity index (χ0) is 47.5. The van der Waals surface area contributed by atoms with Crippen LogP contribution < -0.4 is 5.43 Å². The Morgan fingerprint density at radius 3 is 1.61 bits per heavy atom. The van der Waals surface area contributed by atoms with Crippen LogP contribution in [0.2, 0.25) is 0 Å². The number of phenols is 1. The third-order valence-corrected chi connectivity index (χ3v) is 13.7. The van der Waals surface area contributed by atoms with Gasteiger partial charge in [-0.25, -0.2) is 0 Å². The van der Waals surface area contributed by atoms with E-state index in [1.165, 1.54) is 31.4 Å². The molecule has 0 radical (unpaired) electrons. The Hall–Kier alpha value is -6.78. The maximum absolute atomic E-state index is 12.7. The SMILES string of the molecule is CC(C)(C(=O)c1ccc(CS)cc1)N1CCCCC1.CCc1ccc2c(c1)C(=O)c1ccccc1C2=O.O=C(c1ccccc1)c1ccc(O)cc1.O=c1c2ccccc2sc2ccccc12. The number of fused-ring (bicyclic) bond motifs is 4. The highest BCUT2D eigenvalue weighted by Gasteiger charge is 2.35. The van der Waals surface area contributed by atoms with Crippen molar-refractivity contribution in [3.8, 4) is 5.75 Å². The minimum atomic E-state index is -0.400. The molecule has 0 bridgehead atoms. The van der Waals surface area contributed by atoms with Gasteiger partial charge in [0.15, 0.2) is 28.6 Å². The fourth-order valence-corrected chi connectivity index (χ4v) is 9.48. The zero-order valence-corrected chi connectivity index (χ0v) is 39.6. The fraction of sp³-hybridized carbons (Fsp3) is 0.190. The average Bonchev–Trinajstić information content (AvgIpc) is 3.39. The molecule has 10 rings (SSSR count). The molecule has 1 saturated heterocycles. The Balaban J connectivity index is 0.000000133. The molecule has 0 spiro atoms. The highest BCUT2D eigenvalue weighted by Crippen LogP contribution is 2.29. The Bertz CT molecular complexity index is 3040. The zero-order valence-electron chi connectivity index (χ0n) is 37.9. The molecule has 7 aromatic carbocycles. The number of rotatable bonds is 7. The number of hydrogen-bond donors (Lipinski definition) is 2. The smallest absolute Gasteiger partial charge is 0.195 e. The van der Waals surface area contributed by atoms with Crippen LogP contribution in [0.25, 0.3) is 20.2 Å². The second-order valence-corrected chi connectivity index (χ2v) is 18.3. The lowest BCUT2D eigenvalue weighted by Crippen LogP contribution is -2.52. The van der Waals surface area contributed by atoms with E-state index in [4.69, 9.17) is 5.11 Å². The van der Waals surface area contributed by atoms with Crippen molar-refractivity contribution in [3.63, 3.8) is 0 Å². The van der Waals surface area contributed by atoms with Crippen molar-refractivity contribution in [3.05, 3.63) is 230 Å². The van der Waals surface area contributed by atoms with Crippen LogP contribution in [0.4, 0.5) is 0 Å². The lowest BCUT2D eigenvalue weighted by atomic mass is 9.83. The highest BCUT2D eigenvalue weighted by molar-refractivity contribution is 7.79. The van der Waals surface area contributed by atoms with E-state index < -0.39 is 5.54 Å². The molecule has 2 aliphatic rings. The van der Waals surface area contributed by atoms with E-state index in [1.54, 1.807) is 65.9 Å². The third kappa shape index (κ3) is 11.3. The van der Waals surface area contributed by atoms with Gasteiger partial charge in [0.05, 0.1) is 5.54 Å². The summed E-state index contributed by atoms with van der Waals surface area (Å²) in [5, 5.41) is 10.7. The number of aromatic hydroxyl groups is 1. The first-order valence-electron chi connectivity index (χ1n) is 22.5. The van der Waals surface area contributed by atoms with Crippen LogP contribution in [0.5, 0.6) is 5.75 Å². The quantitative estimate of drug-likeness (QED) is 0.0931. The molecule has 1 fully saturated rings. The number of phenolic OH excluding ortho intramolecular Hbond substituents is 1. The number of nitrogens with zero attached hydrogens (tertiary/aromatic N) is 1. The Labute approximate surface area is 401 Å². The maximum atomic E-state index is 12.7. The Morgan fingerprint density at radius 2 is 1.04 bits per heavy atom. The average molecular weight is 924 g/mol. The summed E-state index contributed by atoms with van der Waals surface area (Å²) in [6, 6.07) is 51.2. The van der Waals surface area contributed by atoms with Crippen molar-refractivity contribution in [2.75, 3.05) is 13.1 Å². The van der Waals surface area contributed by atoms with Gasteiger partial charge in [-0.15, -0.1) is 11.3 Å². The van der Waals surface area contributed by atoms with E-state index in [1.807, 2.05) is 124 Å². The third-order valence-electron chi connectivity index (χ3n) is 12.1. The van der Waals surface area contributed by atoms with Crippen molar-refractivity contribution in [1.29, 1.82) is 0 Å². The van der Waals surface area contributed by atoms with Crippen LogP contribution in [0.1, 0.15) is 109 Å². The lowest BCUT2D eigenvalue weighted by molar-refractivity contribution is 0.0579. The van der Waals surface area contributed by atoms with Gasteiger partial charge in [0.2, 0.25) is 0 Å². The van der Waals surface area contributed by atoms with E-state index in [2.05, 4.69) is 17.5 Å². The van der Waals surface area contributed by atoms with Crippen molar-refractivity contribution < 1.29 is 24.3 Å². The molecule has 0 unspecified atom stereocenters. The molecule has 9 heteroatoms. The van der Waals surface area contributed by atoms with Gasteiger partial charge in [0.1, 0.15) is 5.75 Å². The van der Waals surface area contributed by atoms with Crippen LogP contribution in [0.15, 0.2) is 175 Å². The van der Waals surface area contributed by atoms with Gasteiger partial charge in [-0.3, -0.25) is 28.9 Å². The number of Topliss-reactive ketones (excluding diaryl/α,β-unsaturated/α-hetero) is 1. The molecule has 67 heavy (non-hydrogen) atoms. The number of aryl methyl sites for hydroxylation is 1. The second-order valence-electron chi connectivity index (χ2n) is 16.9. The topological polar surface area (TPSA) is 109 Å². The Morgan fingerprint density at radius 1 is 0.567 bits per heavy atom. The largest absolute Gasteiger partial charge is 0.508 e. The molecule has 1 aliphatic heterocycles. The van der Waals surface area contributed by atoms with E-state index in [-0.39, 0.29) is 34.3 Å². The number of hydrogen-bond acceptors (Lipinski definition) is 9. The molecule has 338 valence electrons. The van der Waals surface area contributed by atoms with E-state index in [0.29, 0.717) is 39.1 Å². The molecule has 1 aromatic heterocycles. The van der Waals surface area contributed by atoms with E-state index >= 15 is 0 Å². The first-order valence-corrected chi connectivity index (χ1v) is 24.0. The number of ketones is 4. The van der Waals surface area contributed by atoms with Crippen molar-refractivity contribution in [1.82, 2.24) is 4.90 Å². The van der Waals surface area contributed by atoms with Gasteiger partial charge in [0.25, 0.3) is 0 Å². The summed E-state index contributed by atoms with van der Waals surface area (Å²) in [5.41, 5.74) is 6.10. The number of carbonyl (C=O) groups excluding carboxylic acids is 4. The van der Waals surface area contributed by atoms with Gasteiger partial charge in [0, 0.05) is 64.9 Å². The lowest BCUT2D eigenvalue weighted by Gasteiger charge is -2.39. The summed E-state index contributed by atoms with van der Waals surface area (Å²) in [7, 11) is 0. The standard InChI is InChI=1S/C16H23NOS.C16H12O2.C13H10O2.C13H8OS/c1-16(2,17-10-4-3-5-11-17)15(18)14-8-6-13(12-19)7-9-14;1-2-10-7-8-13-14(9-10)16(18)12-6-4-3-5-11(12)15(13)17;14-12-8-6-11(7-9-12)13(15)10-4-2-1-3-5-10;14-13-9-5-1-3-7-11(9)15-12-8-4-2-6-10(12)13/h6-9,19H,3-5,10-12H2,1-2H3;3-9H,2H2,1H3;1-9,14H;1-8H. The molecule has 0 atom stereocenters. The van der Waals surface area contributed by atoms with Gasteiger partial charge < -0.3 is 5.11 Å². The van der Waals surface area contributed by atoms with Crippen molar-refractivity contribution >= 4 is 67.3 Å². The van der Waals surface area contributed by atoms with Crippen LogP contribution in [0, 0.1) is 0 Å². The summed E-state index contributed by atoms with van der Waals surface area (Å²) in [6.07, 6.45) is 4.55. The monoisotopic (exact) mass is 923 g/mol. The summed E-state index contributed by atoms with van der Waals surface area (Å²) in [4.78, 5) is 63.7. The van der Waals surface area contributed by atoms with Gasteiger partial charge in [-0.1, -0.05) is 129 Å². The number of thiol groups is 1. The molecule has 2 heterocycles. The molecular formula is C58H53NO6S2. The normalized spacial score (nSPS) is 13.1. The summed E-state index contributed by atoms with van der Waals surface area (Å²) in [5.74, 6) is 0.970. The first kappa shape index (κ1) is 48.2. The molecule has 1 aliphatic carbocycles. The Kier molecular flexibility index (Phi) is 15.9. The predicted molar refractivity (Wildman–Crippen MR) is 276 cm³/mol. The maximum Gasteiger partial charge on any atom is 0.195 e. The summed E-state index contributed by atoms with van der Waals surface area (Å²) in [6.45, 7) is 8.20. The number of benzene rings is 7. The predicted octanol–water partition coefficient (Wildman–Crippen LogP) is 12.6. The van der Waals surface area contributed by atoms with Crippen LogP contribution >= 0.6 is 24.0 Å². The number of carbonyl (C=O) groups is 4. The van der Waals surface area contributed by atoms with Crippen LogP contribution in [-0.4, -0.2) is 51.8 Å². The van der Waals surface area contributed by atoms with Gasteiger partial charge in [-0.2, -0.15) is 12.6 Å². The van der Waals surface area contributed by atoms with E-state index in [9.17, 15) is 24.0 Å². The van der Waals surface area contributed by atoms with E-state index in [0.717, 1.165) is 56.4 Å². The van der Waals surface area contributed by atoms with Crippen molar-refractivity contribution in [2.24, 2.45) is 0 Å². The summed E-state index contributed by atoms with van der Waals surface area (Å²) >= 11 is 5.91. The number of piperidine rings is 1. The number of likely N-dealkylation sites (tertiary alicyclic amines) is 1. The fourth-order valence-electron chi connectivity index (χ4n) is 8.20.